The molecule has 0 N–H and O–H groups in total. The molecule has 0 spiro atoms. The SMILES string of the molecule is CCCC(COC#N)C(CC)COC#N. The molecule has 0 bridgehead atoms. The smallest absolute Gasteiger partial charge is 0.286 e. The number of ether oxygens (including phenoxy) is 2. The predicted molar refractivity (Wildman–Crippen MR) is 55.3 cm³/mol. The minimum absolute atomic E-state index is 0.290. The minimum Gasteiger partial charge on any atom is -0.427 e. The third kappa shape index (κ3) is 5.80. The van der Waals surface area contributed by atoms with Crippen molar-refractivity contribution in [2.45, 2.75) is 33.1 Å². The van der Waals surface area contributed by atoms with Crippen LogP contribution in [0.1, 0.15) is 33.1 Å². The maximum atomic E-state index is 8.36. The summed E-state index contributed by atoms with van der Waals surface area (Å²) in [6.07, 6.45) is 6.34. The Labute approximate surface area is 91.4 Å². The number of nitriles is 2. The maximum Gasteiger partial charge on any atom is 0.286 e. The molecule has 0 aliphatic heterocycles. The van der Waals surface area contributed by atoms with Crippen LogP contribution in [0, 0.1) is 34.9 Å². The molecule has 0 aliphatic carbocycles. The summed E-state index contributed by atoms with van der Waals surface area (Å²) >= 11 is 0. The number of hydrogen-bond donors (Lipinski definition) is 0. The van der Waals surface area contributed by atoms with Crippen molar-refractivity contribution in [3.05, 3.63) is 0 Å². The quantitative estimate of drug-likeness (QED) is 0.577. The highest BCUT2D eigenvalue weighted by atomic mass is 16.5. The van der Waals surface area contributed by atoms with Crippen molar-refractivity contribution in [3.63, 3.8) is 0 Å². The zero-order chi connectivity index (χ0) is 11.5. The first kappa shape index (κ1) is 13.6. The average molecular weight is 210 g/mol. The summed E-state index contributed by atoms with van der Waals surface area (Å²) in [7, 11) is 0. The molecule has 0 rings (SSSR count). The maximum absolute atomic E-state index is 8.36. The van der Waals surface area contributed by atoms with Gasteiger partial charge in [-0.2, -0.15) is 10.5 Å². The molecule has 0 amide bonds. The summed E-state index contributed by atoms with van der Waals surface area (Å²) in [6.45, 7) is 5.00. The molecule has 0 radical (unpaired) electrons. The van der Waals surface area contributed by atoms with Gasteiger partial charge in [-0.15, -0.1) is 0 Å². The van der Waals surface area contributed by atoms with E-state index in [1.807, 2.05) is 0 Å². The summed E-state index contributed by atoms with van der Waals surface area (Å²) in [4.78, 5) is 0. The van der Waals surface area contributed by atoms with Gasteiger partial charge in [-0.05, 0) is 18.8 Å². The van der Waals surface area contributed by atoms with Crippen LogP contribution in [0.5, 0.6) is 0 Å². The Kier molecular flexibility index (Phi) is 8.28. The molecule has 15 heavy (non-hydrogen) atoms. The Hall–Kier alpha value is -1.42. The Balaban J connectivity index is 4.15. The Morgan fingerprint density at radius 1 is 1.00 bits per heavy atom. The van der Waals surface area contributed by atoms with Gasteiger partial charge in [0.2, 0.25) is 0 Å². The lowest BCUT2D eigenvalue weighted by Gasteiger charge is -2.23. The van der Waals surface area contributed by atoms with Crippen LogP contribution < -0.4 is 0 Å². The van der Waals surface area contributed by atoms with Crippen LogP contribution in [0.3, 0.4) is 0 Å². The molecule has 0 aromatic heterocycles. The van der Waals surface area contributed by atoms with Gasteiger partial charge in [-0.3, -0.25) is 0 Å². The van der Waals surface area contributed by atoms with E-state index in [0.717, 1.165) is 19.3 Å². The van der Waals surface area contributed by atoms with Crippen LogP contribution >= 0.6 is 0 Å². The molecule has 0 aliphatic rings. The lowest BCUT2D eigenvalue weighted by atomic mass is 9.88. The van der Waals surface area contributed by atoms with Crippen molar-refractivity contribution in [2.75, 3.05) is 13.2 Å². The van der Waals surface area contributed by atoms with Crippen molar-refractivity contribution in [3.8, 4) is 12.5 Å². The molecule has 0 saturated heterocycles. The van der Waals surface area contributed by atoms with Crippen LogP contribution in [-0.2, 0) is 9.47 Å². The van der Waals surface area contributed by atoms with Gasteiger partial charge < -0.3 is 9.47 Å². The first-order chi connectivity index (χ1) is 7.29. The topological polar surface area (TPSA) is 66.0 Å². The third-order valence-corrected chi connectivity index (χ3v) is 2.57. The van der Waals surface area contributed by atoms with Gasteiger partial charge in [-0.25, -0.2) is 0 Å². The Morgan fingerprint density at radius 2 is 1.53 bits per heavy atom. The van der Waals surface area contributed by atoms with Gasteiger partial charge in [0, 0.05) is 5.92 Å². The highest BCUT2D eigenvalue weighted by Gasteiger charge is 2.20. The molecular formula is C11H18N2O2. The zero-order valence-electron chi connectivity index (χ0n) is 9.40. The third-order valence-electron chi connectivity index (χ3n) is 2.57. The van der Waals surface area contributed by atoms with Gasteiger partial charge in [0.15, 0.2) is 0 Å². The fourth-order valence-corrected chi connectivity index (χ4v) is 1.70. The monoisotopic (exact) mass is 210 g/mol. The molecule has 2 atom stereocenters. The summed E-state index contributed by atoms with van der Waals surface area (Å²) in [5, 5.41) is 16.7. The van der Waals surface area contributed by atoms with Crippen LogP contribution in [0.4, 0.5) is 0 Å². The van der Waals surface area contributed by atoms with E-state index in [0.29, 0.717) is 19.1 Å². The molecule has 0 aromatic rings. The first-order valence-corrected chi connectivity index (χ1v) is 5.31. The summed E-state index contributed by atoms with van der Waals surface area (Å²) in [5.41, 5.74) is 0. The summed E-state index contributed by atoms with van der Waals surface area (Å²) in [6, 6.07) is 0. The number of rotatable bonds is 8. The van der Waals surface area contributed by atoms with Crippen molar-refractivity contribution in [1.29, 1.82) is 10.5 Å². The average Bonchev–Trinajstić information content (AvgIpc) is 2.26. The second-order valence-corrected chi connectivity index (χ2v) is 3.52. The van der Waals surface area contributed by atoms with Gasteiger partial charge in [-0.1, -0.05) is 20.3 Å². The van der Waals surface area contributed by atoms with Crippen LogP contribution in [-0.4, -0.2) is 13.2 Å². The molecule has 0 heterocycles. The van der Waals surface area contributed by atoms with Crippen molar-refractivity contribution in [1.82, 2.24) is 0 Å². The van der Waals surface area contributed by atoms with E-state index in [1.54, 1.807) is 12.5 Å². The van der Waals surface area contributed by atoms with E-state index in [9.17, 15) is 0 Å². The van der Waals surface area contributed by atoms with E-state index in [4.69, 9.17) is 20.0 Å². The highest BCUT2D eigenvalue weighted by molar-refractivity contribution is 4.71. The molecule has 4 heteroatoms. The fourth-order valence-electron chi connectivity index (χ4n) is 1.70. The molecular weight excluding hydrogens is 192 g/mol. The first-order valence-electron chi connectivity index (χ1n) is 5.31. The van der Waals surface area contributed by atoms with Gasteiger partial charge in [0.25, 0.3) is 12.5 Å². The van der Waals surface area contributed by atoms with Crippen LogP contribution in [0.2, 0.25) is 0 Å². The van der Waals surface area contributed by atoms with Crippen molar-refractivity contribution >= 4 is 0 Å². The molecule has 0 saturated carbocycles. The van der Waals surface area contributed by atoms with E-state index in [1.165, 1.54) is 0 Å². The molecule has 4 nitrogen and oxygen atoms in total. The predicted octanol–water partition coefficient (Wildman–Crippen LogP) is 2.42. The second kappa shape index (κ2) is 9.15. The zero-order valence-corrected chi connectivity index (χ0v) is 9.40. The molecule has 84 valence electrons. The van der Waals surface area contributed by atoms with Crippen molar-refractivity contribution < 1.29 is 9.47 Å². The van der Waals surface area contributed by atoms with E-state index >= 15 is 0 Å². The van der Waals surface area contributed by atoms with E-state index in [2.05, 4.69) is 13.8 Å². The standard InChI is InChI=1S/C11H18N2O2/c1-3-5-11(7-15-9-13)10(4-2)6-14-8-12/h10-11H,3-7H2,1-2H3. The van der Waals surface area contributed by atoms with Gasteiger partial charge in [0.05, 0.1) is 0 Å². The largest absolute Gasteiger partial charge is 0.427 e. The van der Waals surface area contributed by atoms with Gasteiger partial charge >= 0.3 is 0 Å². The van der Waals surface area contributed by atoms with E-state index < -0.39 is 0 Å². The Morgan fingerprint density at radius 3 is 1.93 bits per heavy atom. The normalized spacial score (nSPS) is 13.3. The van der Waals surface area contributed by atoms with Gasteiger partial charge in [0.1, 0.15) is 13.2 Å². The highest BCUT2D eigenvalue weighted by Crippen LogP contribution is 2.21. The fraction of sp³-hybridized carbons (Fsp3) is 0.818. The minimum atomic E-state index is 0.290. The number of hydrogen-bond acceptors (Lipinski definition) is 4. The summed E-state index contributed by atoms with van der Waals surface area (Å²) in [5.74, 6) is 0.589. The Bertz CT molecular complexity index is 230. The summed E-state index contributed by atoms with van der Waals surface area (Å²) < 4.78 is 9.54. The lowest BCUT2D eigenvalue weighted by molar-refractivity contribution is 0.104. The lowest BCUT2D eigenvalue weighted by Crippen LogP contribution is -2.23. The van der Waals surface area contributed by atoms with Crippen LogP contribution in [0.25, 0.3) is 0 Å². The van der Waals surface area contributed by atoms with Crippen molar-refractivity contribution in [2.24, 2.45) is 11.8 Å². The molecule has 0 fully saturated rings. The second-order valence-electron chi connectivity index (χ2n) is 3.52. The molecule has 0 aromatic carbocycles. The van der Waals surface area contributed by atoms with E-state index in [-0.39, 0.29) is 5.92 Å². The molecule has 2 unspecified atom stereocenters. The van der Waals surface area contributed by atoms with Crippen LogP contribution in [0.15, 0.2) is 0 Å². The number of nitrogens with zero attached hydrogens (tertiary/aromatic N) is 2.